The second kappa shape index (κ2) is 6.91. The standard InChI is InChI=1S/C17H13BrF3N5/c1-26-16(22)15(14(25-26)10-5-7-12(18)8-6-10)24-23-13-4-2-3-11(9-13)17(19,20)21/h2-9H,22H2,1H3. The molecule has 0 fully saturated rings. The number of halogens is 4. The third-order valence-electron chi connectivity index (χ3n) is 3.62. The molecule has 0 radical (unpaired) electrons. The van der Waals surface area contributed by atoms with Crippen LogP contribution in [0, 0.1) is 0 Å². The second-order valence-corrected chi connectivity index (χ2v) is 6.38. The van der Waals surface area contributed by atoms with Crippen molar-refractivity contribution in [2.75, 3.05) is 5.73 Å². The first-order chi connectivity index (χ1) is 12.3. The molecular formula is C17H13BrF3N5. The zero-order valence-electron chi connectivity index (χ0n) is 13.5. The topological polar surface area (TPSA) is 68.6 Å². The van der Waals surface area contributed by atoms with Crippen molar-refractivity contribution in [2.24, 2.45) is 17.3 Å². The first-order valence-electron chi connectivity index (χ1n) is 7.43. The number of hydrogen-bond donors (Lipinski definition) is 1. The van der Waals surface area contributed by atoms with E-state index in [0.717, 1.165) is 22.2 Å². The van der Waals surface area contributed by atoms with E-state index in [9.17, 15) is 13.2 Å². The predicted molar refractivity (Wildman–Crippen MR) is 96.4 cm³/mol. The Morgan fingerprint density at radius 2 is 1.77 bits per heavy atom. The Kier molecular flexibility index (Phi) is 4.82. The molecular weight excluding hydrogens is 411 g/mol. The largest absolute Gasteiger partial charge is 0.416 e. The molecule has 0 aliphatic heterocycles. The quantitative estimate of drug-likeness (QED) is 0.535. The number of anilines is 1. The highest BCUT2D eigenvalue weighted by Crippen LogP contribution is 2.37. The van der Waals surface area contributed by atoms with Gasteiger partial charge in [-0.1, -0.05) is 34.1 Å². The molecule has 1 heterocycles. The van der Waals surface area contributed by atoms with Gasteiger partial charge in [-0.05, 0) is 30.3 Å². The molecule has 0 spiro atoms. The Morgan fingerprint density at radius 3 is 2.42 bits per heavy atom. The van der Waals surface area contributed by atoms with Crippen LogP contribution in [0.2, 0.25) is 0 Å². The van der Waals surface area contributed by atoms with E-state index in [4.69, 9.17) is 5.73 Å². The number of aromatic nitrogens is 2. The maximum Gasteiger partial charge on any atom is 0.416 e. The molecule has 0 saturated carbocycles. The number of nitrogens with zero attached hydrogens (tertiary/aromatic N) is 4. The van der Waals surface area contributed by atoms with Crippen molar-refractivity contribution >= 4 is 33.1 Å². The van der Waals surface area contributed by atoms with Crippen molar-refractivity contribution in [1.82, 2.24) is 9.78 Å². The van der Waals surface area contributed by atoms with Crippen LogP contribution in [-0.2, 0) is 13.2 Å². The molecule has 0 saturated heterocycles. The monoisotopic (exact) mass is 423 g/mol. The van der Waals surface area contributed by atoms with Crippen LogP contribution in [0.5, 0.6) is 0 Å². The molecule has 0 aliphatic carbocycles. The van der Waals surface area contributed by atoms with Crippen molar-refractivity contribution in [2.45, 2.75) is 6.18 Å². The van der Waals surface area contributed by atoms with Crippen LogP contribution >= 0.6 is 15.9 Å². The van der Waals surface area contributed by atoms with E-state index in [-0.39, 0.29) is 11.5 Å². The lowest BCUT2D eigenvalue weighted by atomic mass is 10.1. The molecule has 3 rings (SSSR count). The van der Waals surface area contributed by atoms with Gasteiger partial charge < -0.3 is 5.73 Å². The number of rotatable bonds is 3. The minimum Gasteiger partial charge on any atom is -0.382 e. The molecule has 0 bridgehead atoms. The van der Waals surface area contributed by atoms with Gasteiger partial charge in [0.15, 0.2) is 5.69 Å². The molecule has 3 aromatic rings. The van der Waals surface area contributed by atoms with Gasteiger partial charge in [-0.25, -0.2) is 0 Å². The van der Waals surface area contributed by atoms with E-state index in [1.807, 2.05) is 24.3 Å². The summed E-state index contributed by atoms with van der Waals surface area (Å²) in [5.41, 5.74) is 6.83. The Morgan fingerprint density at radius 1 is 1.08 bits per heavy atom. The molecule has 9 heteroatoms. The van der Waals surface area contributed by atoms with E-state index in [1.165, 1.54) is 16.8 Å². The molecule has 2 aromatic carbocycles. The molecule has 0 amide bonds. The number of alkyl halides is 3. The fraction of sp³-hybridized carbons (Fsp3) is 0.118. The van der Waals surface area contributed by atoms with Crippen molar-refractivity contribution in [3.63, 3.8) is 0 Å². The van der Waals surface area contributed by atoms with Crippen LogP contribution in [-0.4, -0.2) is 9.78 Å². The van der Waals surface area contributed by atoms with E-state index in [2.05, 4.69) is 31.3 Å². The summed E-state index contributed by atoms with van der Waals surface area (Å²) in [6.07, 6.45) is -4.44. The van der Waals surface area contributed by atoms with Crippen LogP contribution in [0.15, 0.2) is 63.2 Å². The smallest absolute Gasteiger partial charge is 0.382 e. The number of aryl methyl sites for hydroxylation is 1. The lowest BCUT2D eigenvalue weighted by Crippen LogP contribution is -2.03. The summed E-state index contributed by atoms with van der Waals surface area (Å²) < 4.78 is 40.8. The van der Waals surface area contributed by atoms with Crippen LogP contribution in [0.3, 0.4) is 0 Å². The van der Waals surface area contributed by atoms with E-state index in [1.54, 1.807) is 7.05 Å². The van der Waals surface area contributed by atoms with Crippen molar-refractivity contribution in [3.8, 4) is 11.3 Å². The highest BCUT2D eigenvalue weighted by molar-refractivity contribution is 9.10. The van der Waals surface area contributed by atoms with Crippen molar-refractivity contribution in [1.29, 1.82) is 0 Å². The molecule has 0 atom stereocenters. The van der Waals surface area contributed by atoms with E-state index < -0.39 is 11.7 Å². The Hall–Kier alpha value is -2.68. The van der Waals surface area contributed by atoms with Gasteiger partial charge in [0.25, 0.3) is 0 Å². The fourth-order valence-electron chi connectivity index (χ4n) is 2.28. The zero-order chi connectivity index (χ0) is 18.9. The normalized spacial score (nSPS) is 12.0. The Bertz CT molecular complexity index is 962. The summed E-state index contributed by atoms with van der Waals surface area (Å²) >= 11 is 3.36. The molecule has 134 valence electrons. The van der Waals surface area contributed by atoms with Crippen molar-refractivity contribution in [3.05, 3.63) is 58.6 Å². The average molecular weight is 424 g/mol. The number of benzene rings is 2. The Labute approximate surface area is 155 Å². The first kappa shape index (κ1) is 18.1. The maximum absolute atomic E-state index is 12.8. The van der Waals surface area contributed by atoms with Gasteiger partial charge >= 0.3 is 6.18 Å². The minimum atomic E-state index is -4.44. The van der Waals surface area contributed by atoms with Crippen LogP contribution in [0.25, 0.3) is 11.3 Å². The average Bonchev–Trinajstić information content (AvgIpc) is 2.88. The SMILES string of the molecule is Cn1nc(-c2ccc(Br)cc2)c(N=Nc2cccc(C(F)(F)F)c2)c1N. The summed E-state index contributed by atoms with van der Waals surface area (Å²) in [4.78, 5) is 0. The molecule has 2 N–H and O–H groups in total. The van der Waals surface area contributed by atoms with Crippen molar-refractivity contribution < 1.29 is 13.2 Å². The predicted octanol–water partition coefficient (Wildman–Crippen LogP) is 5.87. The van der Waals surface area contributed by atoms with Crippen LogP contribution in [0.1, 0.15) is 5.56 Å². The molecule has 1 aromatic heterocycles. The number of hydrogen-bond acceptors (Lipinski definition) is 4. The molecule has 0 unspecified atom stereocenters. The van der Waals surface area contributed by atoms with Gasteiger partial charge in [0.1, 0.15) is 11.5 Å². The summed E-state index contributed by atoms with van der Waals surface area (Å²) in [7, 11) is 1.65. The molecule has 5 nitrogen and oxygen atoms in total. The highest BCUT2D eigenvalue weighted by atomic mass is 79.9. The minimum absolute atomic E-state index is 0.0739. The van der Waals surface area contributed by atoms with Gasteiger partial charge in [-0.15, -0.1) is 5.11 Å². The third-order valence-corrected chi connectivity index (χ3v) is 4.15. The number of nitrogens with two attached hydrogens (primary N) is 1. The fourth-order valence-corrected chi connectivity index (χ4v) is 2.54. The molecule has 0 aliphatic rings. The van der Waals surface area contributed by atoms with E-state index >= 15 is 0 Å². The van der Waals surface area contributed by atoms with Gasteiger partial charge in [0, 0.05) is 17.1 Å². The number of nitrogen functional groups attached to an aromatic ring is 1. The summed E-state index contributed by atoms with van der Waals surface area (Å²) in [5, 5.41) is 12.3. The zero-order valence-corrected chi connectivity index (χ0v) is 15.1. The van der Waals surface area contributed by atoms with Gasteiger partial charge in [0.2, 0.25) is 0 Å². The Balaban J connectivity index is 2.00. The third kappa shape index (κ3) is 3.77. The van der Waals surface area contributed by atoms with Crippen LogP contribution < -0.4 is 5.73 Å². The van der Waals surface area contributed by atoms with Gasteiger partial charge in [0.05, 0.1) is 11.3 Å². The number of azo groups is 1. The highest BCUT2D eigenvalue weighted by Gasteiger charge is 2.30. The van der Waals surface area contributed by atoms with Gasteiger partial charge in [-0.2, -0.15) is 23.4 Å². The summed E-state index contributed by atoms with van der Waals surface area (Å²) in [6.45, 7) is 0. The maximum atomic E-state index is 12.8. The second-order valence-electron chi connectivity index (χ2n) is 5.46. The summed E-state index contributed by atoms with van der Waals surface area (Å²) in [6, 6.07) is 12.0. The van der Waals surface area contributed by atoms with E-state index in [0.29, 0.717) is 11.4 Å². The first-order valence-corrected chi connectivity index (χ1v) is 8.22. The lowest BCUT2D eigenvalue weighted by molar-refractivity contribution is -0.137. The van der Waals surface area contributed by atoms with Crippen LogP contribution in [0.4, 0.5) is 30.4 Å². The molecule has 26 heavy (non-hydrogen) atoms. The van der Waals surface area contributed by atoms with Gasteiger partial charge in [-0.3, -0.25) is 4.68 Å². The lowest BCUT2D eigenvalue weighted by Gasteiger charge is -2.06. The summed E-state index contributed by atoms with van der Waals surface area (Å²) in [5.74, 6) is 0.263.